The van der Waals surface area contributed by atoms with Crippen LogP contribution in [0.15, 0.2) is 0 Å². The van der Waals surface area contributed by atoms with E-state index < -0.39 is 0 Å². The summed E-state index contributed by atoms with van der Waals surface area (Å²) in [4.78, 5) is 2.56. The maximum Gasteiger partial charge on any atom is 0.0462 e. The van der Waals surface area contributed by atoms with Crippen molar-refractivity contribution in [2.75, 3.05) is 39.9 Å². The Balaban J connectivity index is 2.05. The van der Waals surface area contributed by atoms with Crippen molar-refractivity contribution in [2.45, 2.75) is 25.8 Å². The zero-order valence-corrected chi connectivity index (χ0v) is 8.88. The first kappa shape index (κ1) is 11.0. The number of hydrogen-bond acceptors (Lipinski definition) is 3. The van der Waals surface area contributed by atoms with Gasteiger partial charge in [-0.1, -0.05) is 0 Å². The van der Waals surface area contributed by atoms with Crippen LogP contribution in [-0.2, 0) is 4.74 Å². The Labute approximate surface area is 81.4 Å². The molecule has 0 aromatic carbocycles. The number of ether oxygens (including phenoxy) is 1. The second kappa shape index (κ2) is 6.35. The van der Waals surface area contributed by atoms with Crippen LogP contribution in [-0.4, -0.2) is 50.8 Å². The van der Waals surface area contributed by atoms with Gasteiger partial charge in [-0.2, -0.15) is 0 Å². The van der Waals surface area contributed by atoms with Crippen LogP contribution >= 0.6 is 0 Å². The molecule has 0 radical (unpaired) electrons. The molecule has 1 rings (SSSR count). The molecule has 0 aliphatic carbocycles. The molecule has 3 heteroatoms. The molecule has 0 aromatic rings. The monoisotopic (exact) mass is 186 g/mol. The highest BCUT2D eigenvalue weighted by Gasteiger charge is 2.16. The zero-order valence-electron chi connectivity index (χ0n) is 8.88. The Morgan fingerprint density at radius 3 is 3.00 bits per heavy atom. The number of hydrogen-bond donors (Lipinski definition) is 1. The molecule has 1 aliphatic heterocycles. The van der Waals surface area contributed by atoms with Gasteiger partial charge in [0, 0.05) is 39.4 Å². The van der Waals surface area contributed by atoms with Crippen LogP contribution in [0, 0.1) is 0 Å². The molecular formula is C10H22N2O. The van der Waals surface area contributed by atoms with Crippen molar-refractivity contribution in [3.05, 3.63) is 0 Å². The fourth-order valence-corrected chi connectivity index (χ4v) is 1.78. The van der Waals surface area contributed by atoms with Gasteiger partial charge in [-0.05, 0) is 26.3 Å². The van der Waals surface area contributed by atoms with Crippen LogP contribution in [0.5, 0.6) is 0 Å². The Hall–Kier alpha value is -0.120. The first-order valence-corrected chi connectivity index (χ1v) is 5.28. The van der Waals surface area contributed by atoms with Gasteiger partial charge < -0.3 is 10.1 Å². The van der Waals surface area contributed by atoms with Gasteiger partial charge in [-0.15, -0.1) is 0 Å². The van der Waals surface area contributed by atoms with Gasteiger partial charge in [-0.3, -0.25) is 4.90 Å². The lowest BCUT2D eigenvalue weighted by atomic mass is 10.2. The van der Waals surface area contributed by atoms with E-state index in [1.54, 1.807) is 7.11 Å². The largest absolute Gasteiger partial charge is 0.385 e. The van der Waals surface area contributed by atoms with Crippen molar-refractivity contribution in [2.24, 2.45) is 0 Å². The summed E-state index contributed by atoms with van der Waals surface area (Å²) in [5.41, 5.74) is 0. The second-order valence-corrected chi connectivity index (χ2v) is 3.79. The van der Waals surface area contributed by atoms with Crippen molar-refractivity contribution in [3.8, 4) is 0 Å². The molecule has 0 saturated carbocycles. The molecule has 0 unspecified atom stereocenters. The molecule has 13 heavy (non-hydrogen) atoms. The van der Waals surface area contributed by atoms with Crippen molar-refractivity contribution in [1.29, 1.82) is 0 Å². The normalized spacial score (nSPS) is 24.9. The van der Waals surface area contributed by atoms with Gasteiger partial charge in [0.1, 0.15) is 0 Å². The van der Waals surface area contributed by atoms with Gasteiger partial charge in [0.2, 0.25) is 0 Å². The maximum atomic E-state index is 5.03. The number of unbranched alkanes of at least 4 members (excludes halogenated alkanes) is 1. The summed E-state index contributed by atoms with van der Waals surface area (Å²) in [7, 11) is 1.77. The number of piperazine rings is 1. The molecule has 0 bridgehead atoms. The Kier molecular flexibility index (Phi) is 5.35. The van der Waals surface area contributed by atoms with E-state index in [1.165, 1.54) is 25.9 Å². The van der Waals surface area contributed by atoms with E-state index in [-0.39, 0.29) is 0 Å². The Morgan fingerprint density at radius 2 is 2.31 bits per heavy atom. The van der Waals surface area contributed by atoms with Crippen LogP contribution in [0.2, 0.25) is 0 Å². The molecule has 0 amide bonds. The van der Waals surface area contributed by atoms with E-state index in [4.69, 9.17) is 4.74 Å². The summed E-state index contributed by atoms with van der Waals surface area (Å²) >= 11 is 0. The van der Waals surface area contributed by atoms with E-state index in [1.807, 2.05) is 0 Å². The molecule has 1 fully saturated rings. The highest BCUT2D eigenvalue weighted by atomic mass is 16.5. The molecule has 78 valence electrons. The maximum absolute atomic E-state index is 5.03. The third kappa shape index (κ3) is 4.07. The van der Waals surface area contributed by atoms with Crippen LogP contribution in [0.3, 0.4) is 0 Å². The molecule has 3 nitrogen and oxygen atoms in total. The van der Waals surface area contributed by atoms with E-state index in [2.05, 4.69) is 17.1 Å². The van der Waals surface area contributed by atoms with Gasteiger partial charge in [0.15, 0.2) is 0 Å². The van der Waals surface area contributed by atoms with Gasteiger partial charge >= 0.3 is 0 Å². The fraction of sp³-hybridized carbons (Fsp3) is 1.00. The fourth-order valence-electron chi connectivity index (χ4n) is 1.78. The van der Waals surface area contributed by atoms with Crippen LogP contribution in [0.4, 0.5) is 0 Å². The van der Waals surface area contributed by atoms with Gasteiger partial charge in [0.05, 0.1) is 0 Å². The summed E-state index contributed by atoms with van der Waals surface area (Å²) in [5.74, 6) is 0. The van der Waals surface area contributed by atoms with Crippen LogP contribution < -0.4 is 5.32 Å². The summed E-state index contributed by atoms with van der Waals surface area (Å²) in [6, 6.07) is 0.705. The molecule has 0 spiro atoms. The van der Waals surface area contributed by atoms with Gasteiger partial charge in [-0.25, -0.2) is 0 Å². The third-order valence-electron chi connectivity index (χ3n) is 2.68. The molecule has 1 aliphatic rings. The average molecular weight is 186 g/mol. The minimum atomic E-state index is 0.705. The summed E-state index contributed by atoms with van der Waals surface area (Å²) in [6.45, 7) is 7.92. The van der Waals surface area contributed by atoms with E-state index >= 15 is 0 Å². The Bertz CT molecular complexity index is 130. The van der Waals surface area contributed by atoms with Crippen LogP contribution in [0.1, 0.15) is 19.8 Å². The average Bonchev–Trinajstić information content (AvgIpc) is 2.15. The number of nitrogens with zero attached hydrogens (tertiary/aromatic N) is 1. The lowest BCUT2D eigenvalue weighted by molar-refractivity contribution is 0.154. The van der Waals surface area contributed by atoms with E-state index in [9.17, 15) is 0 Å². The van der Waals surface area contributed by atoms with Crippen molar-refractivity contribution >= 4 is 0 Å². The standard InChI is InChI=1S/C10H22N2O/c1-10-9-11-5-7-12(10)6-3-4-8-13-2/h10-11H,3-9H2,1-2H3/t10-/m0/s1. The lowest BCUT2D eigenvalue weighted by Gasteiger charge is -2.33. The molecule has 0 aromatic heterocycles. The third-order valence-corrected chi connectivity index (χ3v) is 2.68. The Morgan fingerprint density at radius 1 is 1.46 bits per heavy atom. The number of rotatable bonds is 5. The highest BCUT2D eigenvalue weighted by Crippen LogP contribution is 2.04. The highest BCUT2D eigenvalue weighted by molar-refractivity contribution is 4.75. The first-order valence-electron chi connectivity index (χ1n) is 5.28. The molecular weight excluding hydrogens is 164 g/mol. The summed E-state index contributed by atoms with van der Waals surface area (Å²) in [6.07, 6.45) is 2.45. The molecule has 1 saturated heterocycles. The SMILES string of the molecule is COCCCCN1CCNC[C@@H]1C. The van der Waals surface area contributed by atoms with Crippen molar-refractivity contribution in [1.82, 2.24) is 10.2 Å². The lowest BCUT2D eigenvalue weighted by Crippen LogP contribution is -2.49. The number of methoxy groups -OCH3 is 1. The van der Waals surface area contributed by atoms with Crippen LogP contribution in [0.25, 0.3) is 0 Å². The quantitative estimate of drug-likeness (QED) is 0.640. The number of nitrogens with one attached hydrogen (secondary N) is 1. The topological polar surface area (TPSA) is 24.5 Å². The smallest absolute Gasteiger partial charge is 0.0462 e. The minimum absolute atomic E-state index is 0.705. The summed E-state index contributed by atoms with van der Waals surface area (Å²) < 4.78 is 5.03. The molecule has 1 N–H and O–H groups in total. The van der Waals surface area contributed by atoms with Crippen molar-refractivity contribution in [3.63, 3.8) is 0 Å². The second-order valence-electron chi connectivity index (χ2n) is 3.79. The minimum Gasteiger partial charge on any atom is -0.385 e. The predicted octanol–water partition coefficient (Wildman–Crippen LogP) is 0.707. The van der Waals surface area contributed by atoms with E-state index in [0.29, 0.717) is 6.04 Å². The van der Waals surface area contributed by atoms with E-state index in [0.717, 1.165) is 19.7 Å². The predicted molar refractivity (Wildman–Crippen MR) is 55.0 cm³/mol. The molecule has 1 atom stereocenters. The zero-order chi connectivity index (χ0) is 9.52. The summed E-state index contributed by atoms with van der Waals surface area (Å²) in [5, 5.41) is 3.40. The molecule has 1 heterocycles. The van der Waals surface area contributed by atoms with Crippen molar-refractivity contribution < 1.29 is 4.74 Å². The first-order chi connectivity index (χ1) is 6.34. The van der Waals surface area contributed by atoms with Gasteiger partial charge in [0.25, 0.3) is 0 Å².